The number of nitrogens with one attached hydrogen (secondary N) is 1. The SMILES string of the molecule is CCN(CC)C(=S)SCC(=O)Nc1ccc(N2CCOCC2)cc1. The highest BCUT2D eigenvalue weighted by Crippen LogP contribution is 2.19. The van der Waals surface area contributed by atoms with Crippen LogP contribution in [0.25, 0.3) is 0 Å². The van der Waals surface area contributed by atoms with Crippen LogP contribution in [0.2, 0.25) is 0 Å². The number of hydrogen-bond donors (Lipinski definition) is 1. The molecule has 1 N–H and O–H groups in total. The number of benzene rings is 1. The summed E-state index contributed by atoms with van der Waals surface area (Å²) in [6.45, 7) is 9.21. The lowest BCUT2D eigenvalue weighted by molar-refractivity contribution is -0.113. The minimum absolute atomic E-state index is 0.0337. The highest BCUT2D eigenvalue weighted by atomic mass is 32.2. The second-order valence-electron chi connectivity index (χ2n) is 5.42. The molecule has 1 aromatic rings. The lowest BCUT2D eigenvalue weighted by Gasteiger charge is -2.28. The van der Waals surface area contributed by atoms with Crippen LogP contribution < -0.4 is 10.2 Å². The number of nitrogens with zero attached hydrogens (tertiary/aromatic N) is 2. The van der Waals surface area contributed by atoms with E-state index < -0.39 is 0 Å². The van der Waals surface area contributed by atoms with Crippen LogP contribution >= 0.6 is 24.0 Å². The predicted octanol–water partition coefficient (Wildman–Crippen LogP) is 2.82. The molecule has 1 amide bonds. The molecule has 5 nitrogen and oxygen atoms in total. The van der Waals surface area contributed by atoms with E-state index in [9.17, 15) is 4.79 Å². The van der Waals surface area contributed by atoms with Crippen molar-refractivity contribution in [1.29, 1.82) is 0 Å². The van der Waals surface area contributed by atoms with Crippen molar-refractivity contribution in [2.24, 2.45) is 0 Å². The number of morpholine rings is 1. The van der Waals surface area contributed by atoms with Gasteiger partial charge in [-0.1, -0.05) is 24.0 Å². The molecule has 2 rings (SSSR count). The first kappa shape index (κ1) is 19.0. The van der Waals surface area contributed by atoms with Gasteiger partial charge in [-0.3, -0.25) is 4.79 Å². The maximum Gasteiger partial charge on any atom is 0.234 e. The standard InChI is InChI=1S/C17H25N3O2S2/c1-3-19(4-2)17(23)24-13-16(21)18-14-5-7-15(8-6-14)20-9-11-22-12-10-20/h5-8H,3-4,9-13H2,1-2H3,(H,18,21). The van der Waals surface area contributed by atoms with E-state index in [1.54, 1.807) is 0 Å². The highest BCUT2D eigenvalue weighted by molar-refractivity contribution is 8.23. The normalized spacial score (nSPS) is 14.3. The van der Waals surface area contributed by atoms with E-state index in [-0.39, 0.29) is 5.91 Å². The molecule has 1 aliphatic heterocycles. The van der Waals surface area contributed by atoms with Gasteiger partial charge in [0.25, 0.3) is 0 Å². The van der Waals surface area contributed by atoms with Gasteiger partial charge < -0.3 is 19.9 Å². The largest absolute Gasteiger partial charge is 0.378 e. The predicted molar refractivity (Wildman–Crippen MR) is 106 cm³/mol. The van der Waals surface area contributed by atoms with Crippen molar-refractivity contribution < 1.29 is 9.53 Å². The number of thiocarbonyl (C=S) groups is 1. The molecule has 132 valence electrons. The van der Waals surface area contributed by atoms with Gasteiger partial charge in [-0.05, 0) is 38.1 Å². The zero-order chi connectivity index (χ0) is 17.4. The minimum atomic E-state index is -0.0337. The Labute approximate surface area is 153 Å². The second-order valence-corrected chi connectivity index (χ2v) is 7.03. The molecule has 1 saturated heterocycles. The summed E-state index contributed by atoms with van der Waals surface area (Å²) in [7, 11) is 0. The summed E-state index contributed by atoms with van der Waals surface area (Å²) in [5.74, 6) is 0.300. The smallest absolute Gasteiger partial charge is 0.234 e. The number of carbonyl (C=O) groups excluding carboxylic acids is 1. The molecule has 1 heterocycles. The molecule has 1 aliphatic rings. The summed E-state index contributed by atoms with van der Waals surface area (Å²) in [6, 6.07) is 7.95. The Kier molecular flexibility index (Phi) is 7.81. The van der Waals surface area contributed by atoms with Crippen molar-refractivity contribution in [3.05, 3.63) is 24.3 Å². The van der Waals surface area contributed by atoms with Gasteiger partial charge in [-0.2, -0.15) is 0 Å². The molecule has 0 radical (unpaired) electrons. The van der Waals surface area contributed by atoms with Gasteiger partial charge in [-0.15, -0.1) is 0 Å². The maximum atomic E-state index is 12.1. The molecule has 24 heavy (non-hydrogen) atoms. The zero-order valence-corrected chi connectivity index (χ0v) is 15.9. The Bertz CT molecular complexity index is 541. The Morgan fingerprint density at radius 2 is 1.88 bits per heavy atom. The summed E-state index contributed by atoms with van der Waals surface area (Å²) in [5, 5.41) is 2.92. The lowest BCUT2D eigenvalue weighted by Crippen LogP contribution is -2.36. The fourth-order valence-corrected chi connectivity index (χ4v) is 3.68. The van der Waals surface area contributed by atoms with E-state index in [4.69, 9.17) is 17.0 Å². The van der Waals surface area contributed by atoms with Gasteiger partial charge >= 0.3 is 0 Å². The van der Waals surface area contributed by atoms with Crippen LogP contribution in [-0.4, -0.2) is 60.3 Å². The van der Waals surface area contributed by atoms with Crippen molar-refractivity contribution in [3.8, 4) is 0 Å². The Hall–Kier alpha value is -1.31. The topological polar surface area (TPSA) is 44.8 Å². The van der Waals surface area contributed by atoms with E-state index in [1.807, 2.05) is 24.3 Å². The van der Waals surface area contributed by atoms with Crippen LogP contribution in [0.3, 0.4) is 0 Å². The fraction of sp³-hybridized carbons (Fsp3) is 0.529. The summed E-state index contributed by atoms with van der Waals surface area (Å²) in [5.41, 5.74) is 1.97. The van der Waals surface area contributed by atoms with Crippen LogP contribution in [0.1, 0.15) is 13.8 Å². The van der Waals surface area contributed by atoms with Crippen molar-refractivity contribution in [3.63, 3.8) is 0 Å². The summed E-state index contributed by atoms with van der Waals surface area (Å²) < 4.78 is 6.14. The van der Waals surface area contributed by atoms with Gasteiger partial charge in [0.05, 0.1) is 19.0 Å². The van der Waals surface area contributed by atoms with Crippen LogP contribution in [0, 0.1) is 0 Å². The first-order chi connectivity index (χ1) is 11.6. The van der Waals surface area contributed by atoms with E-state index in [2.05, 4.69) is 29.0 Å². The van der Waals surface area contributed by atoms with Gasteiger partial charge in [0, 0.05) is 37.6 Å². The molecule has 0 saturated carbocycles. The van der Waals surface area contributed by atoms with Crippen LogP contribution in [0.15, 0.2) is 24.3 Å². The number of anilines is 2. The van der Waals surface area contributed by atoms with Gasteiger partial charge in [0.1, 0.15) is 4.32 Å². The van der Waals surface area contributed by atoms with E-state index >= 15 is 0 Å². The molecule has 1 aromatic carbocycles. The van der Waals surface area contributed by atoms with E-state index in [1.165, 1.54) is 11.8 Å². The van der Waals surface area contributed by atoms with Crippen molar-refractivity contribution in [1.82, 2.24) is 4.90 Å². The average Bonchev–Trinajstić information content (AvgIpc) is 2.62. The molecule has 7 heteroatoms. The Balaban J connectivity index is 1.80. The number of ether oxygens (including phenoxy) is 1. The number of hydrogen-bond acceptors (Lipinski definition) is 5. The maximum absolute atomic E-state index is 12.1. The first-order valence-electron chi connectivity index (χ1n) is 8.28. The molecule has 0 atom stereocenters. The van der Waals surface area contributed by atoms with E-state index in [0.29, 0.717) is 5.75 Å². The summed E-state index contributed by atoms with van der Waals surface area (Å²) in [4.78, 5) is 16.4. The molecule has 1 fully saturated rings. The number of rotatable bonds is 6. The van der Waals surface area contributed by atoms with Crippen molar-refractivity contribution >= 4 is 45.6 Å². The molecule has 0 aliphatic carbocycles. The number of thioether (sulfide) groups is 1. The van der Waals surface area contributed by atoms with E-state index in [0.717, 1.165) is 55.1 Å². The van der Waals surface area contributed by atoms with Gasteiger partial charge in [0.15, 0.2) is 0 Å². The van der Waals surface area contributed by atoms with Crippen LogP contribution in [0.4, 0.5) is 11.4 Å². The average molecular weight is 368 g/mol. The fourth-order valence-electron chi connectivity index (χ4n) is 2.47. The van der Waals surface area contributed by atoms with Crippen molar-refractivity contribution in [2.45, 2.75) is 13.8 Å². The Morgan fingerprint density at radius 1 is 1.25 bits per heavy atom. The second kappa shape index (κ2) is 9.86. The first-order valence-corrected chi connectivity index (χ1v) is 9.67. The lowest BCUT2D eigenvalue weighted by atomic mass is 10.2. The third kappa shape index (κ3) is 5.65. The Morgan fingerprint density at radius 3 is 2.46 bits per heavy atom. The molecule has 0 bridgehead atoms. The monoisotopic (exact) mass is 367 g/mol. The molecule has 0 spiro atoms. The molecule has 0 unspecified atom stereocenters. The van der Waals surface area contributed by atoms with Crippen LogP contribution in [-0.2, 0) is 9.53 Å². The summed E-state index contributed by atoms with van der Waals surface area (Å²) >= 11 is 6.75. The molecule has 0 aromatic heterocycles. The third-order valence-electron chi connectivity index (χ3n) is 3.88. The zero-order valence-electron chi connectivity index (χ0n) is 14.3. The molecular formula is C17H25N3O2S2. The number of amides is 1. The quantitative estimate of drug-likeness (QED) is 0.780. The van der Waals surface area contributed by atoms with Crippen LogP contribution in [0.5, 0.6) is 0 Å². The highest BCUT2D eigenvalue weighted by Gasteiger charge is 2.12. The number of carbonyl (C=O) groups is 1. The van der Waals surface area contributed by atoms with Gasteiger partial charge in [0.2, 0.25) is 5.91 Å². The minimum Gasteiger partial charge on any atom is -0.378 e. The van der Waals surface area contributed by atoms with Gasteiger partial charge in [-0.25, -0.2) is 0 Å². The summed E-state index contributed by atoms with van der Waals surface area (Å²) in [6.07, 6.45) is 0. The third-order valence-corrected chi connectivity index (χ3v) is 5.40. The van der Waals surface area contributed by atoms with Crippen molar-refractivity contribution in [2.75, 3.05) is 55.4 Å². The molecular weight excluding hydrogens is 342 g/mol.